The molecule has 0 amide bonds. The average molecular weight is 387 g/mol. The standard InChI is InChI=1S/C23H22FN5/c1-15-12-18(4-10-21(15)29-13-16(2)25-14-29)5-11-22-26-23(28-27-22)17(3)19-6-8-20(24)9-7-19/h4-14,17H,1-3H3,(H,26,27,28)/b11-5+/t17-/m0/s1. The molecule has 0 saturated heterocycles. The minimum atomic E-state index is -0.244. The van der Waals surface area contributed by atoms with Crippen LogP contribution in [-0.2, 0) is 0 Å². The second-order valence-corrected chi connectivity index (χ2v) is 7.17. The molecule has 0 fully saturated rings. The molecule has 5 nitrogen and oxygen atoms in total. The Morgan fingerprint density at radius 2 is 1.83 bits per heavy atom. The Morgan fingerprint density at radius 1 is 1.03 bits per heavy atom. The number of aromatic nitrogens is 5. The third-order valence-electron chi connectivity index (χ3n) is 4.95. The van der Waals surface area contributed by atoms with Crippen LogP contribution in [0.25, 0.3) is 17.8 Å². The van der Waals surface area contributed by atoms with Gasteiger partial charge in [-0.3, -0.25) is 0 Å². The van der Waals surface area contributed by atoms with Gasteiger partial charge in [-0.05, 0) is 60.9 Å². The van der Waals surface area contributed by atoms with Gasteiger partial charge in [0.25, 0.3) is 0 Å². The summed E-state index contributed by atoms with van der Waals surface area (Å²) in [6.07, 6.45) is 7.74. The van der Waals surface area contributed by atoms with Crippen molar-refractivity contribution < 1.29 is 4.39 Å². The van der Waals surface area contributed by atoms with Gasteiger partial charge in [-0.25, -0.2) is 9.37 Å². The fraction of sp³-hybridized carbons (Fsp3) is 0.174. The topological polar surface area (TPSA) is 59.4 Å². The lowest BCUT2D eigenvalue weighted by Crippen LogP contribution is -1.98. The molecule has 0 aliphatic rings. The number of rotatable bonds is 5. The molecule has 2 aromatic carbocycles. The van der Waals surface area contributed by atoms with E-state index in [1.807, 2.05) is 43.1 Å². The van der Waals surface area contributed by atoms with Crippen molar-refractivity contribution in [2.75, 3.05) is 0 Å². The van der Waals surface area contributed by atoms with Crippen LogP contribution in [-0.4, -0.2) is 24.7 Å². The predicted octanol–water partition coefficient (Wildman–Crippen LogP) is 5.07. The fourth-order valence-electron chi connectivity index (χ4n) is 3.27. The smallest absolute Gasteiger partial charge is 0.154 e. The minimum absolute atomic E-state index is 0.00501. The molecule has 0 radical (unpaired) electrons. The number of halogens is 1. The molecule has 4 rings (SSSR count). The lowest BCUT2D eigenvalue weighted by Gasteiger charge is -2.07. The Labute approximate surface area is 169 Å². The summed E-state index contributed by atoms with van der Waals surface area (Å²) in [5, 5.41) is 8.45. The largest absolute Gasteiger partial charge is 0.325 e. The van der Waals surface area contributed by atoms with Gasteiger partial charge in [-0.15, -0.1) is 10.2 Å². The maximum absolute atomic E-state index is 13.1. The van der Waals surface area contributed by atoms with Crippen LogP contribution < -0.4 is 0 Å². The first-order valence-electron chi connectivity index (χ1n) is 9.47. The van der Waals surface area contributed by atoms with Gasteiger partial charge < -0.3 is 9.55 Å². The second kappa shape index (κ2) is 7.83. The van der Waals surface area contributed by atoms with E-state index in [0.717, 1.165) is 33.9 Å². The summed E-state index contributed by atoms with van der Waals surface area (Å²) in [6, 6.07) is 12.7. The van der Waals surface area contributed by atoms with E-state index in [1.165, 1.54) is 12.1 Å². The number of benzene rings is 2. The van der Waals surface area contributed by atoms with Crippen molar-refractivity contribution in [3.05, 3.63) is 94.8 Å². The van der Waals surface area contributed by atoms with Gasteiger partial charge in [-0.2, -0.15) is 0 Å². The first-order chi connectivity index (χ1) is 14.0. The van der Waals surface area contributed by atoms with Gasteiger partial charge in [0.15, 0.2) is 5.82 Å². The van der Waals surface area contributed by atoms with E-state index in [-0.39, 0.29) is 11.7 Å². The molecule has 1 atom stereocenters. The van der Waals surface area contributed by atoms with Gasteiger partial charge in [0.2, 0.25) is 0 Å². The van der Waals surface area contributed by atoms with Crippen LogP contribution in [0.5, 0.6) is 0 Å². The van der Waals surface area contributed by atoms with Crippen molar-refractivity contribution in [2.45, 2.75) is 26.7 Å². The molecule has 6 heteroatoms. The summed E-state index contributed by atoms with van der Waals surface area (Å²) in [5.41, 5.74) is 5.32. The Kier molecular flexibility index (Phi) is 5.08. The van der Waals surface area contributed by atoms with E-state index in [9.17, 15) is 4.39 Å². The molecule has 2 heterocycles. The molecule has 0 bridgehead atoms. The van der Waals surface area contributed by atoms with Crippen LogP contribution in [0, 0.1) is 19.7 Å². The molecule has 1 N–H and O–H groups in total. The van der Waals surface area contributed by atoms with Crippen molar-refractivity contribution >= 4 is 12.2 Å². The molecule has 0 spiro atoms. The number of hydrogen-bond donors (Lipinski definition) is 1. The van der Waals surface area contributed by atoms with Crippen LogP contribution >= 0.6 is 0 Å². The summed E-state index contributed by atoms with van der Waals surface area (Å²) in [6.45, 7) is 6.08. The monoisotopic (exact) mass is 387 g/mol. The van der Waals surface area contributed by atoms with Crippen LogP contribution in [0.4, 0.5) is 4.39 Å². The van der Waals surface area contributed by atoms with Crippen molar-refractivity contribution in [3.8, 4) is 5.69 Å². The Morgan fingerprint density at radius 3 is 2.52 bits per heavy atom. The molecule has 0 saturated carbocycles. The quantitative estimate of drug-likeness (QED) is 0.520. The predicted molar refractivity (Wildman–Crippen MR) is 112 cm³/mol. The molecular weight excluding hydrogens is 365 g/mol. The van der Waals surface area contributed by atoms with Gasteiger partial charge in [-0.1, -0.05) is 31.2 Å². The molecular formula is C23H22FN5. The summed E-state index contributed by atoms with van der Waals surface area (Å²) >= 11 is 0. The van der Waals surface area contributed by atoms with E-state index < -0.39 is 0 Å². The van der Waals surface area contributed by atoms with E-state index in [0.29, 0.717) is 5.82 Å². The highest BCUT2D eigenvalue weighted by Crippen LogP contribution is 2.22. The number of H-pyrrole nitrogens is 1. The molecule has 0 aliphatic heterocycles. The Bertz CT molecular complexity index is 1150. The second-order valence-electron chi connectivity index (χ2n) is 7.17. The van der Waals surface area contributed by atoms with Crippen LogP contribution in [0.1, 0.15) is 46.9 Å². The zero-order chi connectivity index (χ0) is 20.4. The number of hydrogen-bond acceptors (Lipinski definition) is 3. The van der Waals surface area contributed by atoms with E-state index >= 15 is 0 Å². The molecule has 4 aromatic rings. The van der Waals surface area contributed by atoms with Crippen LogP contribution in [0.3, 0.4) is 0 Å². The highest BCUT2D eigenvalue weighted by atomic mass is 19.1. The lowest BCUT2D eigenvalue weighted by atomic mass is 10.0. The number of aryl methyl sites for hydroxylation is 2. The van der Waals surface area contributed by atoms with Crippen molar-refractivity contribution in [2.24, 2.45) is 0 Å². The molecule has 0 unspecified atom stereocenters. The highest BCUT2D eigenvalue weighted by molar-refractivity contribution is 5.68. The van der Waals surface area contributed by atoms with E-state index in [1.54, 1.807) is 12.1 Å². The third kappa shape index (κ3) is 4.16. The third-order valence-corrected chi connectivity index (χ3v) is 4.95. The van der Waals surface area contributed by atoms with E-state index in [4.69, 9.17) is 0 Å². The lowest BCUT2D eigenvalue weighted by molar-refractivity contribution is 0.626. The first-order valence-corrected chi connectivity index (χ1v) is 9.47. The molecule has 146 valence electrons. The SMILES string of the molecule is Cc1cn(-c2ccc(/C=C/c3nnc([C@@H](C)c4ccc(F)cc4)[nH]3)cc2C)cn1. The van der Waals surface area contributed by atoms with Crippen molar-refractivity contribution in [3.63, 3.8) is 0 Å². The summed E-state index contributed by atoms with van der Waals surface area (Å²) in [5.74, 6) is 1.19. The van der Waals surface area contributed by atoms with Gasteiger partial charge in [0.1, 0.15) is 11.6 Å². The Balaban J connectivity index is 1.50. The summed E-state index contributed by atoms with van der Waals surface area (Å²) in [4.78, 5) is 7.52. The highest BCUT2D eigenvalue weighted by Gasteiger charge is 2.13. The fourth-order valence-corrected chi connectivity index (χ4v) is 3.27. The zero-order valence-electron chi connectivity index (χ0n) is 16.6. The molecule has 2 aromatic heterocycles. The minimum Gasteiger partial charge on any atom is -0.325 e. The maximum Gasteiger partial charge on any atom is 0.154 e. The average Bonchev–Trinajstić information content (AvgIpc) is 3.36. The number of nitrogens with zero attached hydrogens (tertiary/aromatic N) is 4. The summed E-state index contributed by atoms with van der Waals surface area (Å²) in [7, 11) is 0. The van der Waals surface area contributed by atoms with Crippen LogP contribution in [0.2, 0.25) is 0 Å². The maximum atomic E-state index is 13.1. The van der Waals surface area contributed by atoms with Gasteiger partial charge in [0, 0.05) is 17.8 Å². The number of nitrogens with one attached hydrogen (secondary N) is 1. The van der Waals surface area contributed by atoms with Crippen molar-refractivity contribution in [1.29, 1.82) is 0 Å². The normalized spacial score (nSPS) is 12.6. The van der Waals surface area contributed by atoms with Gasteiger partial charge in [0.05, 0.1) is 12.0 Å². The van der Waals surface area contributed by atoms with Crippen molar-refractivity contribution in [1.82, 2.24) is 24.7 Å². The van der Waals surface area contributed by atoms with Gasteiger partial charge >= 0.3 is 0 Å². The number of imidazole rings is 1. The summed E-state index contributed by atoms with van der Waals surface area (Å²) < 4.78 is 15.1. The Hall–Kier alpha value is -3.54. The molecule has 0 aliphatic carbocycles. The van der Waals surface area contributed by atoms with Crippen LogP contribution in [0.15, 0.2) is 55.0 Å². The van der Waals surface area contributed by atoms with E-state index in [2.05, 4.69) is 45.3 Å². The number of aromatic amines is 1. The first kappa shape index (κ1) is 18.8. The molecule has 29 heavy (non-hydrogen) atoms. The zero-order valence-corrected chi connectivity index (χ0v) is 16.6.